The van der Waals surface area contributed by atoms with Gasteiger partial charge in [-0.3, -0.25) is 4.99 Å². The van der Waals surface area contributed by atoms with Gasteiger partial charge in [0, 0.05) is 45.3 Å². The summed E-state index contributed by atoms with van der Waals surface area (Å²) in [7, 11) is 5.58. The summed E-state index contributed by atoms with van der Waals surface area (Å²) < 4.78 is 11.6. The van der Waals surface area contributed by atoms with Gasteiger partial charge < -0.3 is 19.7 Å². The molecule has 2 unspecified atom stereocenters. The molecule has 0 spiro atoms. The first kappa shape index (κ1) is 20.2. The van der Waals surface area contributed by atoms with Gasteiger partial charge in [-0.1, -0.05) is 48.5 Å². The molecule has 1 saturated heterocycles. The van der Waals surface area contributed by atoms with Crippen LogP contribution in [0.15, 0.2) is 59.6 Å². The van der Waals surface area contributed by atoms with Gasteiger partial charge in [-0.25, -0.2) is 0 Å². The predicted molar refractivity (Wildman–Crippen MR) is 114 cm³/mol. The van der Waals surface area contributed by atoms with E-state index in [-0.39, 0.29) is 6.10 Å². The van der Waals surface area contributed by atoms with Crippen molar-refractivity contribution >= 4 is 5.96 Å². The van der Waals surface area contributed by atoms with Crippen molar-refractivity contribution in [1.29, 1.82) is 0 Å². The number of guanidine groups is 1. The Kier molecular flexibility index (Phi) is 7.31. The SMILES string of the molecule is CN=C(NCC1CCCOC1c1ccccc1)N(C)Cc1ccccc1OC. The molecule has 3 rings (SSSR count). The molecule has 1 aliphatic rings. The molecule has 28 heavy (non-hydrogen) atoms. The van der Waals surface area contributed by atoms with Crippen LogP contribution in [0.3, 0.4) is 0 Å². The van der Waals surface area contributed by atoms with Gasteiger partial charge in [-0.05, 0) is 24.5 Å². The molecular formula is C23H31N3O2. The van der Waals surface area contributed by atoms with Gasteiger partial charge in [0.1, 0.15) is 5.75 Å². The average Bonchev–Trinajstić information content (AvgIpc) is 2.75. The van der Waals surface area contributed by atoms with Crippen molar-refractivity contribution in [2.45, 2.75) is 25.5 Å². The summed E-state index contributed by atoms with van der Waals surface area (Å²) in [6, 6.07) is 18.6. The molecule has 1 heterocycles. The van der Waals surface area contributed by atoms with Crippen LogP contribution >= 0.6 is 0 Å². The van der Waals surface area contributed by atoms with Crippen molar-refractivity contribution < 1.29 is 9.47 Å². The van der Waals surface area contributed by atoms with E-state index in [1.807, 2.05) is 38.4 Å². The van der Waals surface area contributed by atoms with Crippen LogP contribution in [0.25, 0.3) is 0 Å². The summed E-state index contributed by atoms with van der Waals surface area (Å²) in [4.78, 5) is 6.60. The summed E-state index contributed by atoms with van der Waals surface area (Å²) in [5.41, 5.74) is 2.39. The monoisotopic (exact) mass is 381 g/mol. The summed E-state index contributed by atoms with van der Waals surface area (Å²) in [6.45, 7) is 2.40. The fourth-order valence-electron chi connectivity index (χ4n) is 3.83. The van der Waals surface area contributed by atoms with Crippen molar-refractivity contribution in [3.05, 3.63) is 65.7 Å². The van der Waals surface area contributed by atoms with Gasteiger partial charge in [-0.2, -0.15) is 0 Å². The zero-order chi connectivity index (χ0) is 19.8. The lowest BCUT2D eigenvalue weighted by Gasteiger charge is -2.33. The van der Waals surface area contributed by atoms with E-state index in [2.05, 4.69) is 45.5 Å². The lowest BCUT2D eigenvalue weighted by Crippen LogP contribution is -2.42. The number of nitrogens with zero attached hydrogens (tertiary/aromatic N) is 2. The van der Waals surface area contributed by atoms with Crippen LogP contribution in [0, 0.1) is 5.92 Å². The van der Waals surface area contributed by atoms with Crippen molar-refractivity contribution in [3.8, 4) is 5.75 Å². The highest BCUT2D eigenvalue weighted by Crippen LogP contribution is 2.33. The molecule has 0 bridgehead atoms. The van der Waals surface area contributed by atoms with Crippen LogP contribution in [-0.4, -0.2) is 45.2 Å². The minimum absolute atomic E-state index is 0.139. The van der Waals surface area contributed by atoms with E-state index in [0.29, 0.717) is 5.92 Å². The quantitative estimate of drug-likeness (QED) is 0.609. The third-order valence-electron chi connectivity index (χ3n) is 5.27. The number of ether oxygens (including phenoxy) is 2. The molecule has 1 aliphatic heterocycles. The third kappa shape index (κ3) is 5.04. The van der Waals surface area contributed by atoms with E-state index >= 15 is 0 Å². The number of hydrogen-bond acceptors (Lipinski definition) is 3. The topological polar surface area (TPSA) is 46.1 Å². The van der Waals surface area contributed by atoms with E-state index in [9.17, 15) is 0 Å². The summed E-state index contributed by atoms with van der Waals surface area (Å²) in [5.74, 6) is 2.20. The Morgan fingerprint density at radius 1 is 1.18 bits per heavy atom. The molecule has 0 aliphatic carbocycles. The van der Waals surface area contributed by atoms with E-state index in [1.54, 1.807) is 7.11 Å². The van der Waals surface area contributed by atoms with Crippen LogP contribution in [0.1, 0.15) is 30.1 Å². The largest absolute Gasteiger partial charge is 0.496 e. The number of benzene rings is 2. The second-order valence-corrected chi connectivity index (χ2v) is 7.20. The molecule has 1 fully saturated rings. The van der Waals surface area contributed by atoms with Crippen molar-refractivity contribution in [2.75, 3.05) is 34.4 Å². The molecule has 5 heteroatoms. The molecule has 0 radical (unpaired) electrons. The maximum Gasteiger partial charge on any atom is 0.193 e. The van der Waals surface area contributed by atoms with Crippen LogP contribution in [-0.2, 0) is 11.3 Å². The number of aliphatic imine (C=N–C) groups is 1. The average molecular weight is 382 g/mol. The zero-order valence-corrected chi connectivity index (χ0v) is 17.1. The fourth-order valence-corrected chi connectivity index (χ4v) is 3.83. The summed E-state index contributed by atoms with van der Waals surface area (Å²) in [6.07, 6.45) is 2.39. The number of methoxy groups -OCH3 is 1. The van der Waals surface area contributed by atoms with E-state index in [4.69, 9.17) is 9.47 Å². The van der Waals surface area contributed by atoms with Crippen LogP contribution < -0.4 is 10.1 Å². The maximum atomic E-state index is 6.12. The van der Waals surface area contributed by atoms with Gasteiger partial charge in [0.05, 0.1) is 13.2 Å². The third-order valence-corrected chi connectivity index (χ3v) is 5.27. The van der Waals surface area contributed by atoms with Gasteiger partial charge in [0.2, 0.25) is 0 Å². The molecule has 0 amide bonds. The second kappa shape index (κ2) is 10.1. The molecule has 2 aromatic rings. The Hall–Kier alpha value is -2.53. The number of rotatable bonds is 6. The predicted octanol–water partition coefficient (Wildman–Crippen LogP) is 3.87. The van der Waals surface area contributed by atoms with Gasteiger partial charge in [0.25, 0.3) is 0 Å². The fraction of sp³-hybridized carbons (Fsp3) is 0.435. The Morgan fingerprint density at radius 3 is 2.68 bits per heavy atom. The molecular weight excluding hydrogens is 350 g/mol. The highest BCUT2D eigenvalue weighted by atomic mass is 16.5. The molecule has 5 nitrogen and oxygen atoms in total. The highest BCUT2D eigenvalue weighted by molar-refractivity contribution is 5.79. The number of hydrogen-bond donors (Lipinski definition) is 1. The zero-order valence-electron chi connectivity index (χ0n) is 17.1. The Morgan fingerprint density at radius 2 is 1.93 bits per heavy atom. The van der Waals surface area contributed by atoms with Crippen LogP contribution in [0.5, 0.6) is 5.75 Å². The van der Waals surface area contributed by atoms with Crippen molar-refractivity contribution in [2.24, 2.45) is 10.9 Å². The minimum Gasteiger partial charge on any atom is -0.496 e. The van der Waals surface area contributed by atoms with E-state index < -0.39 is 0 Å². The molecule has 150 valence electrons. The summed E-state index contributed by atoms with van der Waals surface area (Å²) >= 11 is 0. The Balaban J connectivity index is 1.62. The summed E-state index contributed by atoms with van der Waals surface area (Å²) in [5, 5.41) is 3.55. The Bertz CT molecular complexity index is 763. The lowest BCUT2D eigenvalue weighted by molar-refractivity contribution is -0.0266. The maximum absolute atomic E-state index is 6.12. The Labute approximate surface area is 168 Å². The first-order valence-electron chi connectivity index (χ1n) is 9.93. The molecule has 0 aromatic heterocycles. The van der Waals surface area contributed by atoms with Gasteiger partial charge >= 0.3 is 0 Å². The van der Waals surface area contributed by atoms with Crippen molar-refractivity contribution in [1.82, 2.24) is 10.2 Å². The first-order valence-corrected chi connectivity index (χ1v) is 9.93. The molecule has 1 N–H and O–H groups in total. The van der Waals surface area contributed by atoms with Crippen LogP contribution in [0.2, 0.25) is 0 Å². The standard InChI is InChI=1S/C23H31N3O2/c1-24-23(26(2)17-20-12-7-8-14-21(20)27-3)25-16-19-13-9-15-28-22(19)18-10-5-4-6-11-18/h4-8,10-12,14,19,22H,9,13,15-17H2,1-3H3,(H,24,25). The molecule has 2 atom stereocenters. The molecule has 2 aromatic carbocycles. The van der Waals surface area contributed by atoms with E-state index in [0.717, 1.165) is 49.8 Å². The lowest BCUT2D eigenvalue weighted by atomic mass is 9.89. The number of para-hydroxylation sites is 1. The van der Waals surface area contributed by atoms with E-state index in [1.165, 1.54) is 5.56 Å². The second-order valence-electron chi connectivity index (χ2n) is 7.20. The van der Waals surface area contributed by atoms with Crippen LogP contribution in [0.4, 0.5) is 0 Å². The first-order chi connectivity index (χ1) is 13.7. The molecule has 0 saturated carbocycles. The normalized spacial score (nSPS) is 19.9. The minimum atomic E-state index is 0.139. The van der Waals surface area contributed by atoms with Crippen molar-refractivity contribution in [3.63, 3.8) is 0 Å². The number of nitrogens with one attached hydrogen (secondary N) is 1. The smallest absolute Gasteiger partial charge is 0.193 e. The van der Waals surface area contributed by atoms with Gasteiger partial charge in [-0.15, -0.1) is 0 Å². The highest BCUT2D eigenvalue weighted by Gasteiger charge is 2.27. The van der Waals surface area contributed by atoms with Gasteiger partial charge in [0.15, 0.2) is 5.96 Å².